The average Bonchev–Trinajstić information content (AvgIpc) is 3.81. The number of nitrogens with one attached hydrogen (secondary N) is 3. The Morgan fingerprint density at radius 3 is 2.50 bits per heavy atom. The molecular formula is C42H47N5O8S. The summed E-state index contributed by atoms with van der Waals surface area (Å²) >= 11 is 0. The number of aromatic nitrogens is 1. The number of benzene rings is 3. The zero-order valence-corrected chi connectivity index (χ0v) is 32.4. The van der Waals surface area contributed by atoms with Crippen molar-refractivity contribution in [3.63, 3.8) is 0 Å². The molecule has 3 heterocycles. The van der Waals surface area contributed by atoms with Crippen LogP contribution in [0.2, 0.25) is 0 Å². The molecule has 2 fully saturated rings. The molecule has 3 aromatic carbocycles. The van der Waals surface area contributed by atoms with Gasteiger partial charge in [-0.15, -0.1) is 0 Å². The second-order valence-electron chi connectivity index (χ2n) is 15.0. The monoisotopic (exact) mass is 781 g/mol. The van der Waals surface area contributed by atoms with Crippen molar-refractivity contribution in [3.8, 4) is 22.8 Å². The molecule has 4 aromatic rings. The zero-order chi connectivity index (χ0) is 39.5. The summed E-state index contributed by atoms with van der Waals surface area (Å²) in [5.74, 6) is -0.833. The number of methoxy groups -OCH3 is 1. The van der Waals surface area contributed by atoms with Gasteiger partial charge >= 0.3 is 0 Å². The number of fused-ring (bicyclic) bond motifs is 4. The van der Waals surface area contributed by atoms with Crippen molar-refractivity contribution in [3.05, 3.63) is 78.9 Å². The van der Waals surface area contributed by atoms with E-state index in [1.807, 2.05) is 54.6 Å². The minimum atomic E-state index is -4.47. The highest BCUT2D eigenvalue weighted by Crippen LogP contribution is 2.40. The molecule has 294 valence electrons. The Bertz CT molecular complexity index is 2250. The van der Waals surface area contributed by atoms with E-state index < -0.39 is 39.5 Å². The molecule has 3 aliphatic rings. The van der Waals surface area contributed by atoms with Gasteiger partial charge < -0.3 is 25.0 Å². The fourth-order valence-electron chi connectivity index (χ4n) is 8.27. The van der Waals surface area contributed by atoms with Gasteiger partial charge in [-0.25, -0.2) is 18.1 Å². The van der Waals surface area contributed by atoms with Gasteiger partial charge in [-0.05, 0) is 55.9 Å². The molecule has 4 atom stereocenters. The summed E-state index contributed by atoms with van der Waals surface area (Å²) in [6.07, 6.45) is 4.98. The van der Waals surface area contributed by atoms with Crippen LogP contribution >= 0.6 is 0 Å². The first-order valence-corrected chi connectivity index (χ1v) is 20.7. The smallest absolute Gasteiger partial charge is 0.266 e. The Kier molecular flexibility index (Phi) is 11.3. The largest absolute Gasteiger partial charge is 0.497 e. The topological polar surface area (TPSA) is 173 Å². The molecule has 2 aliphatic heterocycles. The van der Waals surface area contributed by atoms with Crippen LogP contribution in [0, 0.1) is 5.92 Å². The highest BCUT2D eigenvalue weighted by atomic mass is 32.2. The van der Waals surface area contributed by atoms with Crippen molar-refractivity contribution in [2.45, 2.75) is 93.7 Å². The van der Waals surface area contributed by atoms with Crippen molar-refractivity contribution in [2.24, 2.45) is 5.92 Å². The van der Waals surface area contributed by atoms with Gasteiger partial charge in [-0.2, -0.15) is 0 Å². The van der Waals surface area contributed by atoms with Crippen LogP contribution in [0.15, 0.2) is 83.8 Å². The van der Waals surface area contributed by atoms with Crippen LogP contribution in [0.3, 0.4) is 0 Å². The number of pyridine rings is 1. The van der Waals surface area contributed by atoms with Crippen molar-refractivity contribution in [1.29, 1.82) is 0 Å². The van der Waals surface area contributed by atoms with E-state index in [-0.39, 0.29) is 60.5 Å². The number of para-hydroxylation sites is 1. The molecule has 56 heavy (non-hydrogen) atoms. The summed E-state index contributed by atoms with van der Waals surface area (Å²) in [5.41, 5.74) is 0.734. The SMILES string of the molecule is COc1ccc2c(O[C@@H]3C[C@@H](C(=O)N[C@@]45CCC(CCCCCCC(=O)Nc6ccccc6S(=O)(=O)NC4=O)C5)N(C(C)=O)C3)cc(-c3ccccc3)nc2c1. The van der Waals surface area contributed by atoms with Gasteiger partial charge in [0.05, 0.1) is 30.6 Å². The third-order valence-electron chi connectivity index (χ3n) is 11.2. The molecule has 1 unspecified atom stereocenters. The fraction of sp³-hybridized carbons (Fsp3) is 0.405. The minimum absolute atomic E-state index is 0.0632. The van der Waals surface area contributed by atoms with Crippen molar-refractivity contribution in [2.75, 3.05) is 19.0 Å². The van der Waals surface area contributed by atoms with Gasteiger partial charge in [0.15, 0.2) is 0 Å². The number of rotatable bonds is 6. The van der Waals surface area contributed by atoms with Crippen LogP contribution in [0.4, 0.5) is 5.69 Å². The number of carbonyl (C=O) groups is 4. The Morgan fingerprint density at radius 2 is 1.71 bits per heavy atom. The minimum Gasteiger partial charge on any atom is -0.497 e. The number of likely N-dealkylation sites (tertiary alicyclic amines) is 1. The van der Waals surface area contributed by atoms with Crippen LogP contribution in [0.25, 0.3) is 22.2 Å². The van der Waals surface area contributed by atoms with Crippen LogP contribution in [-0.2, 0) is 29.2 Å². The molecular weight excluding hydrogens is 735 g/mol. The molecule has 0 radical (unpaired) electrons. The molecule has 1 aromatic heterocycles. The van der Waals surface area contributed by atoms with E-state index in [4.69, 9.17) is 14.5 Å². The summed E-state index contributed by atoms with van der Waals surface area (Å²) in [5, 5.41) is 6.39. The molecule has 13 nitrogen and oxygen atoms in total. The molecule has 14 heteroatoms. The summed E-state index contributed by atoms with van der Waals surface area (Å²) in [6, 6.07) is 22.0. The number of sulfonamides is 1. The molecule has 3 N–H and O–H groups in total. The molecule has 4 amide bonds. The lowest BCUT2D eigenvalue weighted by Crippen LogP contribution is -2.61. The van der Waals surface area contributed by atoms with Crippen LogP contribution in [0.1, 0.15) is 71.1 Å². The Hall–Kier alpha value is -5.50. The van der Waals surface area contributed by atoms with E-state index in [0.717, 1.165) is 36.6 Å². The fourth-order valence-corrected chi connectivity index (χ4v) is 9.49. The first-order valence-electron chi connectivity index (χ1n) is 19.2. The van der Waals surface area contributed by atoms with Crippen molar-refractivity contribution < 1.29 is 37.1 Å². The Balaban J connectivity index is 1.16. The summed E-state index contributed by atoms with van der Waals surface area (Å²) < 4.78 is 41.9. The second kappa shape index (κ2) is 16.3. The number of hydrogen-bond donors (Lipinski definition) is 3. The summed E-state index contributed by atoms with van der Waals surface area (Å²) in [6.45, 7) is 1.50. The first kappa shape index (κ1) is 38.8. The lowest BCUT2D eigenvalue weighted by Gasteiger charge is -2.32. The van der Waals surface area contributed by atoms with E-state index in [9.17, 15) is 27.6 Å². The summed E-state index contributed by atoms with van der Waals surface area (Å²) in [4.78, 5) is 60.4. The Morgan fingerprint density at radius 1 is 0.946 bits per heavy atom. The van der Waals surface area contributed by atoms with E-state index >= 15 is 0 Å². The second-order valence-corrected chi connectivity index (χ2v) is 16.7. The molecule has 1 aliphatic carbocycles. The Labute approximate surface area is 326 Å². The van der Waals surface area contributed by atoms with Crippen LogP contribution < -0.4 is 24.8 Å². The highest BCUT2D eigenvalue weighted by Gasteiger charge is 2.50. The number of amides is 4. The third kappa shape index (κ3) is 8.35. The van der Waals surface area contributed by atoms with Gasteiger partial charge in [0.2, 0.25) is 17.7 Å². The lowest BCUT2D eigenvalue weighted by atomic mass is 9.92. The zero-order valence-electron chi connectivity index (χ0n) is 31.6. The first-order chi connectivity index (χ1) is 26.9. The lowest BCUT2D eigenvalue weighted by molar-refractivity contribution is -0.139. The number of ether oxygens (including phenoxy) is 2. The molecule has 2 bridgehead atoms. The molecule has 7 rings (SSSR count). The van der Waals surface area contributed by atoms with Gasteiger partial charge in [-0.1, -0.05) is 68.1 Å². The van der Waals surface area contributed by atoms with E-state index in [1.54, 1.807) is 13.2 Å². The van der Waals surface area contributed by atoms with Crippen LogP contribution in [-0.4, -0.2) is 73.3 Å². The number of anilines is 1. The predicted octanol–water partition coefficient (Wildman–Crippen LogP) is 5.73. The van der Waals surface area contributed by atoms with Gasteiger partial charge in [0.25, 0.3) is 15.9 Å². The van der Waals surface area contributed by atoms with E-state index in [2.05, 4.69) is 15.4 Å². The number of hydrogen-bond acceptors (Lipinski definition) is 9. The van der Waals surface area contributed by atoms with Crippen molar-refractivity contribution >= 4 is 50.2 Å². The molecule has 0 spiro atoms. The van der Waals surface area contributed by atoms with Gasteiger partial charge in [0.1, 0.15) is 34.1 Å². The van der Waals surface area contributed by atoms with Gasteiger partial charge in [-0.3, -0.25) is 19.2 Å². The molecule has 1 saturated heterocycles. The maximum absolute atomic E-state index is 14.4. The highest BCUT2D eigenvalue weighted by molar-refractivity contribution is 7.90. The third-order valence-corrected chi connectivity index (χ3v) is 12.6. The normalized spacial score (nSPS) is 24.1. The number of carbonyl (C=O) groups excluding carboxylic acids is 4. The molecule has 1 saturated carbocycles. The van der Waals surface area contributed by atoms with E-state index in [0.29, 0.717) is 35.6 Å². The number of nitrogens with zero attached hydrogens (tertiary/aromatic N) is 2. The standard InChI is InChI=1S/C42H47N5O8S/c1-27(48)47-26-31(55-37-24-34(29-13-7-5-8-14-29)43-35-22-30(54-2)18-19-32(35)37)23-36(47)40(50)45-42-21-20-28(25-42)12-6-3-4-9-17-39(49)44-33-15-10-11-16-38(33)56(52,53)46-41(42)51/h5,7-8,10-11,13-16,18-19,22,24,28,31,36H,3-4,6,9,12,17,20-21,23,25-26H2,1-2H3,(H,44,49)(H,45,50)(H,46,51)/t28?,31-,36+,42-/m1/s1. The summed E-state index contributed by atoms with van der Waals surface area (Å²) in [7, 11) is -2.89. The van der Waals surface area contributed by atoms with E-state index in [1.165, 1.54) is 30.0 Å². The maximum atomic E-state index is 14.4. The van der Waals surface area contributed by atoms with Gasteiger partial charge in [0, 0.05) is 42.8 Å². The van der Waals surface area contributed by atoms with Crippen LogP contribution in [0.5, 0.6) is 11.5 Å². The average molecular weight is 782 g/mol. The predicted molar refractivity (Wildman–Crippen MR) is 210 cm³/mol. The quantitative estimate of drug-likeness (QED) is 0.221. The van der Waals surface area contributed by atoms with Crippen molar-refractivity contribution in [1.82, 2.24) is 19.9 Å². The maximum Gasteiger partial charge on any atom is 0.266 e.